The van der Waals surface area contributed by atoms with Crippen LogP contribution >= 0.6 is 0 Å². The molecule has 196 valence electrons. The molecule has 0 fully saturated rings. The summed E-state index contributed by atoms with van der Waals surface area (Å²) in [6.07, 6.45) is 4.33. The molecule has 0 spiro atoms. The summed E-state index contributed by atoms with van der Waals surface area (Å²) in [6.45, 7) is 10.5. The molecule has 0 aromatic heterocycles. The predicted octanol–water partition coefficient (Wildman–Crippen LogP) is 2.46. The number of carbonyl (C=O) groups is 2. The Morgan fingerprint density at radius 2 is 0.970 bits per heavy atom. The first-order chi connectivity index (χ1) is 15.8. The molecular weight excluding hydrogens is 436 g/mol. The molecule has 33 heavy (non-hydrogen) atoms. The summed E-state index contributed by atoms with van der Waals surface area (Å²) < 4.78 is 37.1. The van der Waals surface area contributed by atoms with E-state index in [1.807, 2.05) is 20.8 Å². The molecule has 0 bridgehead atoms. The van der Waals surface area contributed by atoms with Crippen molar-refractivity contribution in [3.63, 3.8) is 0 Å². The van der Waals surface area contributed by atoms with Gasteiger partial charge < -0.3 is 38.3 Å². The highest BCUT2D eigenvalue weighted by atomic mass is 16.6. The molecule has 0 aliphatic carbocycles. The highest BCUT2D eigenvalue weighted by Crippen LogP contribution is 2.11. The number of unbranched alkanes of at least 4 members (excludes halogenated alkanes) is 3. The van der Waals surface area contributed by atoms with Crippen LogP contribution in [-0.4, -0.2) is 102 Å². The second kappa shape index (κ2) is 22.5. The Morgan fingerprint density at radius 3 is 1.39 bits per heavy atom. The molecule has 0 aromatic rings. The molecular formula is C23H44O10. The van der Waals surface area contributed by atoms with E-state index in [9.17, 15) is 9.59 Å². The van der Waals surface area contributed by atoms with Crippen LogP contribution in [0.15, 0.2) is 0 Å². The van der Waals surface area contributed by atoms with Gasteiger partial charge in [0.25, 0.3) is 0 Å². The van der Waals surface area contributed by atoms with Crippen molar-refractivity contribution >= 4 is 11.9 Å². The number of esters is 1. The van der Waals surface area contributed by atoms with Gasteiger partial charge in [-0.2, -0.15) is 0 Å². The Balaban J connectivity index is 3.12. The normalized spacial score (nSPS) is 11.6. The zero-order chi connectivity index (χ0) is 24.6. The maximum absolute atomic E-state index is 11.6. The molecule has 0 saturated heterocycles. The van der Waals surface area contributed by atoms with E-state index in [2.05, 4.69) is 0 Å². The number of hydrogen-bond donors (Lipinski definition) is 1. The zero-order valence-corrected chi connectivity index (χ0v) is 20.6. The standard InChI is InChI=1S/C23H44O10/c1-23(2,3)33-22(26)8-6-4-5-7-9-27-10-11-28-12-13-29-14-15-30-16-17-31-18-19-32-20-21(24)25/h4-20H2,1-3H3,(H,24,25). The lowest BCUT2D eigenvalue weighted by Gasteiger charge is -2.19. The van der Waals surface area contributed by atoms with Gasteiger partial charge in [0.15, 0.2) is 0 Å². The van der Waals surface area contributed by atoms with Gasteiger partial charge in [0.2, 0.25) is 0 Å². The van der Waals surface area contributed by atoms with Crippen LogP contribution < -0.4 is 0 Å². The van der Waals surface area contributed by atoms with Crippen LogP contribution in [0.2, 0.25) is 0 Å². The van der Waals surface area contributed by atoms with Gasteiger partial charge in [-0.3, -0.25) is 4.79 Å². The SMILES string of the molecule is CC(C)(C)OC(=O)CCCCCCOCCOCCOCCOCCOCCOCC(=O)O. The van der Waals surface area contributed by atoms with Gasteiger partial charge in [-0.25, -0.2) is 4.79 Å². The number of aliphatic carboxylic acids is 1. The monoisotopic (exact) mass is 480 g/mol. The third-order valence-corrected chi connectivity index (χ3v) is 3.93. The molecule has 0 amide bonds. The lowest BCUT2D eigenvalue weighted by molar-refractivity contribution is -0.155. The minimum Gasteiger partial charge on any atom is -0.480 e. The van der Waals surface area contributed by atoms with E-state index in [0.29, 0.717) is 72.5 Å². The average Bonchev–Trinajstić information content (AvgIpc) is 2.72. The van der Waals surface area contributed by atoms with E-state index in [1.165, 1.54) is 0 Å². The van der Waals surface area contributed by atoms with E-state index in [4.69, 9.17) is 38.3 Å². The molecule has 1 N–H and O–H groups in total. The summed E-state index contributed by atoms with van der Waals surface area (Å²) in [5.74, 6) is -1.12. The maximum Gasteiger partial charge on any atom is 0.329 e. The van der Waals surface area contributed by atoms with E-state index in [0.717, 1.165) is 25.7 Å². The fourth-order valence-electron chi connectivity index (χ4n) is 2.48. The molecule has 0 aromatic carbocycles. The smallest absolute Gasteiger partial charge is 0.329 e. The number of ether oxygens (including phenoxy) is 7. The second-order valence-electron chi connectivity index (χ2n) is 8.26. The average molecular weight is 481 g/mol. The van der Waals surface area contributed by atoms with Crippen LogP contribution in [0, 0.1) is 0 Å². The summed E-state index contributed by atoms with van der Waals surface area (Å²) in [7, 11) is 0. The molecule has 0 saturated carbocycles. The topological polar surface area (TPSA) is 119 Å². The zero-order valence-electron chi connectivity index (χ0n) is 20.6. The van der Waals surface area contributed by atoms with Crippen molar-refractivity contribution in [2.24, 2.45) is 0 Å². The molecule has 0 atom stereocenters. The molecule has 10 heteroatoms. The third kappa shape index (κ3) is 28.7. The van der Waals surface area contributed by atoms with Crippen molar-refractivity contribution in [1.82, 2.24) is 0 Å². The van der Waals surface area contributed by atoms with Crippen LogP contribution in [0.4, 0.5) is 0 Å². The number of carbonyl (C=O) groups excluding carboxylic acids is 1. The molecule has 0 aliphatic heterocycles. The molecule has 0 aliphatic rings. The van der Waals surface area contributed by atoms with E-state index >= 15 is 0 Å². The van der Waals surface area contributed by atoms with E-state index in [-0.39, 0.29) is 19.2 Å². The van der Waals surface area contributed by atoms with Crippen LogP contribution in [0.1, 0.15) is 52.9 Å². The second-order valence-corrected chi connectivity index (χ2v) is 8.26. The summed E-state index contributed by atoms with van der Waals surface area (Å²) >= 11 is 0. The molecule has 0 radical (unpaired) electrons. The Bertz CT molecular complexity index is 465. The van der Waals surface area contributed by atoms with Gasteiger partial charge in [-0.05, 0) is 33.6 Å². The van der Waals surface area contributed by atoms with Crippen molar-refractivity contribution in [2.75, 3.05) is 79.3 Å². The fraction of sp³-hybridized carbons (Fsp3) is 0.913. The highest BCUT2D eigenvalue weighted by Gasteiger charge is 2.15. The van der Waals surface area contributed by atoms with E-state index < -0.39 is 11.6 Å². The van der Waals surface area contributed by atoms with Crippen molar-refractivity contribution in [2.45, 2.75) is 58.5 Å². The minimum atomic E-state index is -0.992. The van der Waals surface area contributed by atoms with Crippen LogP contribution in [-0.2, 0) is 42.7 Å². The number of carboxylic acids is 1. The fourth-order valence-corrected chi connectivity index (χ4v) is 2.48. The highest BCUT2D eigenvalue weighted by molar-refractivity contribution is 5.69. The number of rotatable bonds is 24. The van der Waals surface area contributed by atoms with Crippen molar-refractivity contribution in [3.05, 3.63) is 0 Å². The number of carboxylic acid groups (broad SMARTS) is 1. The summed E-state index contributed by atoms with van der Waals surface area (Å²) in [5.41, 5.74) is -0.409. The van der Waals surface area contributed by atoms with Crippen LogP contribution in [0.25, 0.3) is 0 Å². The molecule has 0 heterocycles. The van der Waals surface area contributed by atoms with Gasteiger partial charge in [-0.1, -0.05) is 12.8 Å². The summed E-state index contributed by atoms with van der Waals surface area (Å²) in [4.78, 5) is 21.8. The lowest BCUT2D eigenvalue weighted by atomic mass is 10.1. The minimum absolute atomic E-state index is 0.129. The van der Waals surface area contributed by atoms with E-state index in [1.54, 1.807) is 0 Å². The van der Waals surface area contributed by atoms with Crippen molar-refractivity contribution in [1.29, 1.82) is 0 Å². The molecule has 0 rings (SSSR count). The molecule has 10 nitrogen and oxygen atoms in total. The van der Waals surface area contributed by atoms with Gasteiger partial charge in [0.1, 0.15) is 12.2 Å². The van der Waals surface area contributed by atoms with Crippen LogP contribution in [0.5, 0.6) is 0 Å². The Hall–Kier alpha value is -1.30. The summed E-state index contributed by atoms with van der Waals surface area (Å²) in [5, 5.41) is 8.39. The number of hydrogen-bond acceptors (Lipinski definition) is 9. The Labute approximate surface area is 198 Å². The first-order valence-electron chi connectivity index (χ1n) is 11.7. The third-order valence-electron chi connectivity index (χ3n) is 3.93. The first kappa shape index (κ1) is 31.7. The quantitative estimate of drug-likeness (QED) is 0.163. The van der Waals surface area contributed by atoms with Gasteiger partial charge in [0, 0.05) is 13.0 Å². The molecule has 0 unspecified atom stereocenters. The predicted molar refractivity (Wildman–Crippen MR) is 121 cm³/mol. The van der Waals surface area contributed by atoms with Gasteiger partial charge >= 0.3 is 11.9 Å². The largest absolute Gasteiger partial charge is 0.480 e. The van der Waals surface area contributed by atoms with Gasteiger partial charge in [-0.15, -0.1) is 0 Å². The maximum atomic E-state index is 11.6. The summed E-state index contributed by atoms with van der Waals surface area (Å²) in [6, 6.07) is 0. The Kier molecular flexibility index (Phi) is 21.6. The van der Waals surface area contributed by atoms with Gasteiger partial charge in [0.05, 0.1) is 66.1 Å². The van der Waals surface area contributed by atoms with Crippen molar-refractivity contribution < 1.29 is 47.9 Å². The van der Waals surface area contributed by atoms with Crippen molar-refractivity contribution in [3.8, 4) is 0 Å². The lowest BCUT2D eigenvalue weighted by Crippen LogP contribution is -2.23. The first-order valence-corrected chi connectivity index (χ1v) is 11.7. The Morgan fingerprint density at radius 1 is 0.576 bits per heavy atom. The van der Waals surface area contributed by atoms with Crippen LogP contribution in [0.3, 0.4) is 0 Å².